The lowest BCUT2D eigenvalue weighted by Gasteiger charge is -2.42. The second-order valence-corrected chi connectivity index (χ2v) is 8.18. The number of hydrogen-bond acceptors (Lipinski definition) is 4. The Balaban J connectivity index is 6.98. The molecule has 0 aliphatic rings. The van der Waals surface area contributed by atoms with Crippen LogP contribution in [0.25, 0.3) is 0 Å². The number of nitrogens with zero attached hydrogens (tertiary/aromatic N) is 1. The first kappa shape index (κ1) is 32.2. The van der Waals surface area contributed by atoms with Crippen molar-refractivity contribution in [3.05, 3.63) is 0 Å². The van der Waals surface area contributed by atoms with Crippen molar-refractivity contribution in [2.75, 3.05) is 13.6 Å². The number of halogens is 17. The van der Waals surface area contributed by atoms with Gasteiger partial charge in [0.25, 0.3) is 10.0 Å². The summed E-state index contributed by atoms with van der Waals surface area (Å²) in [6.07, 6.45) is -7.92. The van der Waals surface area contributed by atoms with E-state index in [2.05, 4.69) is 0 Å². The molecule has 0 spiro atoms. The summed E-state index contributed by atoms with van der Waals surface area (Å²) in [7, 11) is -8.03. The Labute approximate surface area is 175 Å². The van der Waals surface area contributed by atoms with Crippen LogP contribution in [0.1, 0.15) is 0 Å². The fraction of sp³-hybridized carbons (Fsp3) is 0.909. The smallest absolute Gasteiger partial charge is 0.460 e. The quantitative estimate of drug-likeness (QED) is 0.379. The summed E-state index contributed by atoms with van der Waals surface area (Å²) in [6, 6.07) is 0. The monoisotopic (exact) mass is 570 g/mol. The van der Waals surface area contributed by atoms with Crippen molar-refractivity contribution in [2.45, 2.75) is 47.0 Å². The minimum absolute atomic E-state index is 0.419. The molecule has 0 aromatic heterocycles. The molecule has 0 bridgehead atoms. The van der Waals surface area contributed by atoms with Gasteiger partial charge in [-0.15, -0.1) is 0 Å². The zero-order valence-corrected chi connectivity index (χ0v) is 15.9. The molecule has 5 nitrogen and oxygen atoms in total. The Kier molecular flexibility index (Phi) is 7.68. The molecular formula is C11H5F17NO4S-. The highest BCUT2D eigenvalue weighted by Gasteiger charge is 2.96. The van der Waals surface area contributed by atoms with Crippen molar-refractivity contribution >= 4 is 16.0 Å². The van der Waals surface area contributed by atoms with Gasteiger partial charge in [-0.2, -0.15) is 78.9 Å². The van der Waals surface area contributed by atoms with E-state index in [1.165, 1.54) is 0 Å². The molecule has 0 aliphatic heterocycles. The van der Waals surface area contributed by atoms with Crippen LogP contribution in [0.15, 0.2) is 0 Å². The number of aliphatic carboxylic acids is 1. The van der Waals surface area contributed by atoms with E-state index in [1.807, 2.05) is 0 Å². The van der Waals surface area contributed by atoms with Crippen LogP contribution in [0.4, 0.5) is 74.6 Å². The van der Waals surface area contributed by atoms with E-state index < -0.39 is 80.9 Å². The molecule has 0 aromatic rings. The van der Waals surface area contributed by atoms with Crippen molar-refractivity contribution in [3.8, 4) is 0 Å². The van der Waals surface area contributed by atoms with E-state index in [0.717, 1.165) is 0 Å². The molecule has 0 saturated heterocycles. The van der Waals surface area contributed by atoms with Gasteiger partial charge in [-0.1, -0.05) is 0 Å². The lowest BCUT2D eigenvalue weighted by Crippen LogP contribution is -2.75. The second kappa shape index (κ2) is 8.11. The summed E-state index contributed by atoms with van der Waals surface area (Å²) in [6.45, 7) is -2.40. The highest BCUT2D eigenvalue weighted by Crippen LogP contribution is 2.64. The Morgan fingerprint density at radius 1 is 0.618 bits per heavy atom. The van der Waals surface area contributed by atoms with Crippen molar-refractivity contribution in [3.63, 3.8) is 0 Å². The first-order valence-corrected chi connectivity index (χ1v) is 8.65. The highest BCUT2D eigenvalue weighted by molar-refractivity contribution is 7.90. The molecule has 0 amide bonds. The minimum Gasteiger partial charge on any atom is -0.549 e. The molecule has 0 unspecified atom stereocenters. The van der Waals surface area contributed by atoms with Gasteiger partial charge in [0.05, 0.1) is 12.5 Å². The second-order valence-electron chi connectivity index (χ2n) is 6.09. The lowest BCUT2D eigenvalue weighted by molar-refractivity contribution is -0.458. The normalized spacial score (nSPS) is 16.2. The summed E-state index contributed by atoms with van der Waals surface area (Å²) in [4.78, 5) is 10.1. The number of carboxylic acids is 1. The van der Waals surface area contributed by atoms with Crippen LogP contribution in [0.5, 0.6) is 0 Å². The molecule has 0 fully saturated rings. The zero-order chi connectivity index (χ0) is 28.4. The van der Waals surface area contributed by atoms with Crippen LogP contribution in [0.3, 0.4) is 0 Å². The molecule has 0 atom stereocenters. The van der Waals surface area contributed by atoms with E-state index in [4.69, 9.17) is 0 Å². The molecular weight excluding hydrogens is 565 g/mol. The van der Waals surface area contributed by atoms with E-state index in [9.17, 15) is 93.0 Å². The Morgan fingerprint density at radius 2 is 0.882 bits per heavy atom. The number of rotatable bonds is 10. The average molecular weight is 570 g/mol. The van der Waals surface area contributed by atoms with Gasteiger partial charge in [0.15, 0.2) is 0 Å². The topological polar surface area (TPSA) is 77.5 Å². The number of likely N-dealkylation sites (N-methyl/N-ethyl adjacent to an activating group) is 1. The van der Waals surface area contributed by atoms with Crippen LogP contribution in [-0.4, -0.2) is 79.3 Å². The van der Waals surface area contributed by atoms with E-state index in [0.29, 0.717) is 0 Å². The predicted molar refractivity (Wildman–Crippen MR) is 67.2 cm³/mol. The molecule has 0 heterocycles. The maximum atomic E-state index is 13.6. The summed E-state index contributed by atoms with van der Waals surface area (Å²) in [5.74, 6) is -55.0. The summed E-state index contributed by atoms with van der Waals surface area (Å²) in [5.41, 5.74) is 0. The molecule has 0 saturated carbocycles. The number of sulfonamides is 1. The predicted octanol–water partition coefficient (Wildman–Crippen LogP) is 2.96. The zero-order valence-electron chi connectivity index (χ0n) is 15.1. The SMILES string of the molecule is CN(CC(=O)[O-])S(=O)(=O)C(F)(F)C(F)(F)C(F)(F)C(F)(F)C(F)(F)C(F)(F)C(F)(F)C(F)(F)F. The number of carboxylic acid groups (broad SMARTS) is 1. The van der Waals surface area contributed by atoms with Crippen LogP contribution >= 0.6 is 0 Å². The molecule has 0 aromatic carbocycles. The summed E-state index contributed by atoms with van der Waals surface area (Å²) >= 11 is 0. The van der Waals surface area contributed by atoms with Gasteiger partial charge in [0.2, 0.25) is 0 Å². The summed E-state index contributed by atoms with van der Waals surface area (Å²) < 4.78 is 243. The minimum atomic E-state index is -8.95. The fourth-order valence-corrected chi connectivity index (χ4v) is 2.89. The van der Waals surface area contributed by atoms with E-state index in [1.54, 1.807) is 0 Å². The molecule has 0 rings (SSSR count). The molecule has 0 N–H and O–H groups in total. The molecule has 34 heavy (non-hydrogen) atoms. The van der Waals surface area contributed by atoms with Crippen molar-refractivity contribution in [1.82, 2.24) is 4.31 Å². The summed E-state index contributed by atoms with van der Waals surface area (Å²) in [5, 5.41) is 2.35. The van der Waals surface area contributed by atoms with Crippen LogP contribution in [0, 0.1) is 0 Å². The van der Waals surface area contributed by atoms with Gasteiger partial charge >= 0.3 is 47.0 Å². The first-order valence-electron chi connectivity index (χ1n) is 7.21. The van der Waals surface area contributed by atoms with Gasteiger partial charge in [-0.05, 0) is 0 Å². The largest absolute Gasteiger partial charge is 0.549 e. The highest BCUT2D eigenvalue weighted by atomic mass is 32.2. The molecule has 204 valence electrons. The first-order chi connectivity index (χ1) is 14.3. The third-order valence-electron chi connectivity index (χ3n) is 3.78. The van der Waals surface area contributed by atoms with Crippen LogP contribution < -0.4 is 5.11 Å². The molecule has 23 heteroatoms. The fourth-order valence-electron chi connectivity index (χ4n) is 1.77. The van der Waals surface area contributed by atoms with Crippen molar-refractivity contribution < 1.29 is 93.0 Å². The van der Waals surface area contributed by atoms with Gasteiger partial charge in [0.1, 0.15) is 0 Å². The van der Waals surface area contributed by atoms with Crippen molar-refractivity contribution in [2.24, 2.45) is 0 Å². The number of carbonyl (C=O) groups excluding carboxylic acids is 1. The Bertz CT molecular complexity index is 894. The Morgan fingerprint density at radius 3 is 1.15 bits per heavy atom. The number of alkyl halides is 17. The standard InChI is InChI=1S/C11H6F17NO4S/c1-29(2-3(30)31)34(32,33)11(27,28)9(22,23)7(18,19)5(14,15)4(12,13)6(16,17)8(20,21)10(24,25)26/h2H2,1H3,(H,30,31)/p-1. The number of hydrogen-bond donors (Lipinski definition) is 0. The van der Waals surface area contributed by atoms with E-state index in [-0.39, 0.29) is 0 Å². The average Bonchev–Trinajstić information content (AvgIpc) is 2.58. The maximum Gasteiger partial charge on any atom is 0.460 e. The Hall–Kier alpha value is -1.81. The van der Waals surface area contributed by atoms with Gasteiger partial charge in [-0.3, -0.25) is 0 Å². The maximum absolute atomic E-state index is 13.6. The number of carbonyl (C=O) groups is 1. The van der Waals surface area contributed by atoms with Crippen LogP contribution in [0.2, 0.25) is 0 Å². The van der Waals surface area contributed by atoms with Gasteiger partial charge < -0.3 is 9.90 Å². The lowest BCUT2D eigenvalue weighted by atomic mass is 9.91. The molecule has 0 radical (unpaired) electrons. The third-order valence-corrected chi connectivity index (χ3v) is 5.63. The van der Waals surface area contributed by atoms with Crippen molar-refractivity contribution in [1.29, 1.82) is 0 Å². The van der Waals surface area contributed by atoms with Gasteiger partial charge in [0, 0.05) is 7.05 Å². The molecule has 0 aliphatic carbocycles. The van der Waals surface area contributed by atoms with E-state index >= 15 is 0 Å². The van der Waals surface area contributed by atoms with Crippen LogP contribution in [-0.2, 0) is 14.8 Å². The van der Waals surface area contributed by atoms with Gasteiger partial charge in [-0.25, -0.2) is 8.42 Å². The third kappa shape index (κ3) is 4.00.